The fourth-order valence-corrected chi connectivity index (χ4v) is 5.44. The molecule has 2 aliphatic rings. The van der Waals surface area contributed by atoms with Crippen LogP contribution in [0.25, 0.3) is 0 Å². The van der Waals surface area contributed by atoms with Crippen LogP contribution in [0.2, 0.25) is 0 Å². The predicted octanol–water partition coefficient (Wildman–Crippen LogP) is 2.33. The Bertz CT molecular complexity index is 955. The molecule has 2 aliphatic carbocycles. The number of hydrogen-bond donors (Lipinski definition) is 2. The molecule has 0 radical (unpaired) electrons. The Morgan fingerprint density at radius 1 is 1.06 bits per heavy atom. The summed E-state index contributed by atoms with van der Waals surface area (Å²) in [7, 11) is 8.00. The third kappa shape index (κ3) is 5.11. The number of nitrogens with one attached hydrogen (secondary N) is 2. The quantitative estimate of drug-likeness (QED) is 0.593. The zero-order valence-electron chi connectivity index (χ0n) is 19.5. The number of amides is 2. The second-order valence-corrected chi connectivity index (χ2v) is 10.5. The number of hydrogen-bond acceptors (Lipinski definition) is 5. The highest BCUT2D eigenvalue weighted by molar-refractivity contribution is 7.90. The molecule has 1 unspecified atom stereocenters. The maximum atomic E-state index is 12.9. The van der Waals surface area contributed by atoms with E-state index in [0.29, 0.717) is 18.1 Å². The van der Waals surface area contributed by atoms with Gasteiger partial charge < -0.3 is 19.7 Å². The SMILES string of the molecule is CN(C)CCn1nc([S+]([O-])NC(=O)Nc2c3c(cc4c2CCC4)CCC3)cc1CN(C)C. The third-order valence-electron chi connectivity index (χ3n) is 6.17. The van der Waals surface area contributed by atoms with Crippen molar-refractivity contribution >= 4 is 23.1 Å². The highest BCUT2D eigenvalue weighted by atomic mass is 32.2. The first-order valence-corrected chi connectivity index (χ1v) is 12.5. The minimum Gasteiger partial charge on any atom is -0.586 e. The van der Waals surface area contributed by atoms with Gasteiger partial charge in [0, 0.05) is 24.8 Å². The number of fused-ring (bicyclic) bond motifs is 2. The minimum atomic E-state index is -1.73. The third-order valence-corrected chi connectivity index (χ3v) is 7.12. The van der Waals surface area contributed by atoms with Gasteiger partial charge in [-0.3, -0.25) is 4.68 Å². The lowest BCUT2D eigenvalue weighted by Gasteiger charge is -2.16. The number of urea groups is 1. The Morgan fingerprint density at radius 2 is 1.72 bits per heavy atom. The topological polar surface area (TPSA) is 88.5 Å². The second-order valence-electron chi connectivity index (χ2n) is 9.30. The number of anilines is 1. The van der Waals surface area contributed by atoms with Crippen LogP contribution in [0.15, 0.2) is 17.2 Å². The summed E-state index contributed by atoms with van der Waals surface area (Å²) in [4.78, 5) is 16.9. The lowest BCUT2D eigenvalue weighted by molar-refractivity contribution is 0.256. The first-order chi connectivity index (χ1) is 15.3. The Labute approximate surface area is 193 Å². The number of aryl methyl sites for hydroxylation is 2. The number of likely N-dealkylation sites (N-methyl/N-ethyl adjacent to an activating group) is 1. The lowest BCUT2D eigenvalue weighted by Crippen LogP contribution is -2.35. The zero-order valence-corrected chi connectivity index (χ0v) is 20.3. The molecule has 1 aromatic carbocycles. The number of aromatic nitrogens is 2. The molecule has 2 N–H and O–H groups in total. The summed E-state index contributed by atoms with van der Waals surface area (Å²) < 4.78 is 17.4. The van der Waals surface area contributed by atoms with Crippen molar-refractivity contribution in [1.82, 2.24) is 24.3 Å². The summed E-state index contributed by atoms with van der Waals surface area (Å²) in [5.74, 6) is 0. The van der Waals surface area contributed by atoms with Crippen molar-refractivity contribution in [3.8, 4) is 0 Å². The largest absolute Gasteiger partial charge is 0.586 e. The molecule has 4 rings (SSSR count). The number of rotatable bonds is 8. The van der Waals surface area contributed by atoms with Crippen molar-refractivity contribution in [2.75, 3.05) is 40.1 Å². The molecule has 0 saturated heterocycles. The van der Waals surface area contributed by atoms with E-state index in [1.54, 1.807) is 0 Å². The van der Waals surface area contributed by atoms with Crippen molar-refractivity contribution in [2.24, 2.45) is 0 Å². The van der Waals surface area contributed by atoms with Gasteiger partial charge in [0.2, 0.25) is 0 Å². The molecule has 0 fully saturated rings. The van der Waals surface area contributed by atoms with Crippen molar-refractivity contribution in [1.29, 1.82) is 0 Å². The summed E-state index contributed by atoms with van der Waals surface area (Å²) in [5.41, 5.74) is 7.15. The average molecular weight is 459 g/mol. The standard InChI is InChI=1S/C23H34N6O2S/c1-27(2)11-12-29-18(15-28(3)4)14-21(25-29)32(31)26-23(30)24-22-19-9-5-7-16(19)13-17-8-6-10-20(17)22/h13-14H,5-12,15H2,1-4H3,(H2,24,26,30). The molecule has 32 heavy (non-hydrogen) atoms. The lowest BCUT2D eigenvalue weighted by atomic mass is 9.99. The Hall–Kier alpha value is -2.07. The monoisotopic (exact) mass is 458 g/mol. The van der Waals surface area contributed by atoms with Crippen molar-refractivity contribution in [2.45, 2.75) is 56.6 Å². The summed E-state index contributed by atoms with van der Waals surface area (Å²) in [6, 6.07) is 3.72. The number of benzene rings is 1. The highest BCUT2D eigenvalue weighted by Gasteiger charge is 2.27. The van der Waals surface area contributed by atoms with E-state index in [0.717, 1.165) is 56.5 Å². The molecule has 0 saturated carbocycles. The Morgan fingerprint density at radius 3 is 2.31 bits per heavy atom. The van der Waals surface area contributed by atoms with Crippen LogP contribution in [0.3, 0.4) is 0 Å². The summed E-state index contributed by atoms with van der Waals surface area (Å²) in [6.07, 6.45) is 6.38. The van der Waals surface area contributed by atoms with Gasteiger partial charge >= 0.3 is 6.03 Å². The van der Waals surface area contributed by atoms with Crippen LogP contribution in [0.1, 0.15) is 40.8 Å². The maximum absolute atomic E-state index is 12.9. The molecule has 2 aromatic rings. The van der Waals surface area contributed by atoms with Gasteiger partial charge in [0.05, 0.1) is 12.2 Å². The van der Waals surface area contributed by atoms with Gasteiger partial charge in [-0.2, -0.15) is 0 Å². The van der Waals surface area contributed by atoms with E-state index in [2.05, 4.69) is 26.1 Å². The van der Waals surface area contributed by atoms with Crippen LogP contribution in [0.5, 0.6) is 0 Å². The molecule has 0 aliphatic heterocycles. The van der Waals surface area contributed by atoms with E-state index in [4.69, 9.17) is 0 Å². The molecular weight excluding hydrogens is 424 g/mol. The second kappa shape index (κ2) is 9.82. The van der Waals surface area contributed by atoms with Gasteiger partial charge in [-0.1, -0.05) is 6.07 Å². The van der Waals surface area contributed by atoms with Gasteiger partial charge in [-0.25, -0.2) is 4.79 Å². The van der Waals surface area contributed by atoms with Crippen LogP contribution < -0.4 is 10.0 Å². The van der Waals surface area contributed by atoms with Crippen LogP contribution in [-0.4, -0.2) is 64.9 Å². The summed E-state index contributed by atoms with van der Waals surface area (Å²) in [5, 5.41) is 7.95. The van der Waals surface area contributed by atoms with Crippen LogP contribution in [0, 0.1) is 0 Å². The molecule has 174 valence electrons. The molecular formula is C23H34N6O2S. The van der Waals surface area contributed by atoms with Crippen LogP contribution in [-0.2, 0) is 50.1 Å². The van der Waals surface area contributed by atoms with Gasteiger partial charge in [-0.15, -0.1) is 9.82 Å². The van der Waals surface area contributed by atoms with Crippen molar-refractivity contribution in [3.63, 3.8) is 0 Å². The van der Waals surface area contributed by atoms with Crippen molar-refractivity contribution in [3.05, 3.63) is 40.1 Å². The minimum absolute atomic E-state index is 0.374. The van der Waals surface area contributed by atoms with Gasteiger partial charge in [0.1, 0.15) is 11.4 Å². The van der Waals surface area contributed by atoms with Crippen LogP contribution >= 0.6 is 0 Å². The predicted molar refractivity (Wildman–Crippen MR) is 127 cm³/mol. The number of carbonyl (C=O) groups excluding carboxylic acids is 1. The molecule has 1 atom stereocenters. The van der Waals surface area contributed by atoms with Gasteiger partial charge in [0.15, 0.2) is 0 Å². The van der Waals surface area contributed by atoms with E-state index in [-0.39, 0.29) is 0 Å². The molecule has 9 heteroatoms. The van der Waals surface area contributed by atoms with E-state index in [9.17, 15) is 9.35 Å². The number of carbonyl (C=O) groups is 1. The molecule has 8 nitrogen and oxygen atoms in total. The first-order valence-electron chi connectivity index (χ1n) is 11.3. The van der Waals surface area contributed by atoms with Gasteiger partial charge in [-0.05, 0) is 89.0 Å². The first kappa shape index (κ1) is 23.1. The average Bonchev–Trinajstić information content (AvgIpc) is 3.45. The summed E-state index contributed by atoms with van der Waals surface area (Å²) in [6.45, 7) is 2.21. The number of nitrogens with zero attached hydrogens (tertiary/aromatic N) is 4. The maximum Gasteiger partial charge on any atom is 0.361 e. The highest BCUT2D eigenvalue weighted by Crippen LogP contribution is 2.38. The molecule has 1 heterocycles. The smallest absolute Gasteiger partial charge is 0.361 e. The molecule has 0 bridgehead atoms. The Kier molecular flexibility index (Phi) is 7.09. The zero-order chi connectivity index (χ0) is 22.8. The molecule has 0 spiro atoms. The molecule has 2 amide bonds. The summed E-state index contributed by atoms with van der Waals surface area (Å²) >= 11 is -1.73. The van der Waals surface area contributed by atoms with Crippen molar-refractivity contribution < 1.29 is 9.35 Å². The fourth-order valence-electron chi connectivity index (χ4n) is 4.70. The van der Waals surface area contributed by atoms with E-state index < -0.39 is 17.4 Å². The van der Waals surface area contributed by atoms with E-state index in [1.165, 1.54) is 22.3 Å². The van der Waals surface area contributed by atoms with Gasteiger partial charge in [0.25, 0.3) is 5.03 Å². The fraction of sp³-hybridized carbons (Fsp3) is 0.565. The van der Waals surface area contributed by atoms with E-state index >= 15 is 0 Å². The van der Waals surface area contributed by atoms with E-state index in [1.807, 2.05) is 43.8 Å². The van der Waals surface area contributed by atoms with Crippen LogP contribution in [0.4, 0.5) is 10.5 Å². The molecule has 1 aromatic heterocycles. The Balaban J connectivity index is 1.48. The normalized spacial score (nSPS) is 15.8.